The molecule has 0 aliphatic rings. The first kappa shape index (κ1) is 18.1. The lowest BCUT2D eigenvalue weighted by Gasteiger charge is -2.13. The van der Waals surface area contributed by atoms with Crippen molar-refractivity contribution in [3.63, 3.8) is 0 Å². The van der Waals surface area contributed by atoms with Crippen LogP contribution in [0.5, 0.6) is 5.75 Å². The predicted molar refractivity (Wildman–Crippen MR) is 98.7 cm³/mol. The Morgan fingerprint density at radius 1 is 1.22 bits per heavy atom. The van der Waals surface area contributed by atoms with Crippen LogP contribution in [0.1, 0.15) is 21.5 Å². The van der Waals surface area contributed by atoms with Crippen LogP contribution in [0.4, 0.5) is 10.1 Å². The number of carbonyl (C=O) groups is 1. The maximum Gasteiger partial charge on any atom is 0.259 e. The largest absolute Gasteiger partial charge is 0.488 e. The van der Waals surface area contributed by atoms with Gasteiger partial charge >= 0.3 is 0 Å². The summed E-state index contributed by atoms with van der Waals surface area (Å²) in [5.74, 6) is -0.385. The fourth-order valence-corrected chi connectivity index (χ4v) is 2.37. The third-order valence-corrected chi connectivity index (χ3v) is 3.68. The van der Waals surface area contributed by atoms with Crippen molar-refractivity contribution in [2.45, 2.75) is 6.61 Å². The fourth-order valence-electron chi connectivity index (χ4n) is 2.37. The van der Waals surface area contributed by atoms with Gasteiger partial charge in [-0.3, -0.25) is 9.78 Å². The number of hydrogen-bond acceptors (Lipinski definition) is 5. The highest BCUT2D eigenvalue weighted by Crippen LogP contribution is 2.22. The minimum atomic E-state index is -0.398. The van der Waals surface area contributed by atoms with Gasteiger partial charge in [0, 0.05) is 6.20 Å². The Morgan fingerprint density at radius 2 is 2.04 bits per heavy atom. The summed E-state index contributed by atoms with van der Waals surface area (Å²) in [6, 6.07) is 14.1. The molecule has 0 fully saturated rings. The molecule has 1 aromatic heterocycles. The lowest BCUT2D eigenvalue weighted by Crippen LogP contribution is -2.14. The van der Waals surface area contributed by atoms with Gasteiger partial charge in [0.05, 0.1) is 23.7 Å². The van der Waals surface area contributed by atoms with Crippen LogP contribution in [-0.2, 0) is 6.61 Å². The third-order valence-electron chi connectivity index (χ3n) is 3.68. The van der Waals surface area contributed by atoms with E-state index in [2.05, 4.69) is 15.5 Å². The minimum Gasteiger partial charge on any atom is -0.488 e. The van der Waals surface area contributed by atoms with Crippen molar-refractivity contribution >= 4 is 17.8 Å². The van der Waals surface area contributed by atoms with Gasteiger partial charge in [0.1, 0.15) is 18.2 Å². The first-order chi connectivity index (χ1) is 13.2. The topological polar surface area (TPSA) is 83.8 Å². The quantitative estimate of drug-likeness (QED) is 0.395. The van der Waals surface area contributed by atoms with Gasteiger partial charge in [-0.2, -0.15) is 0 Å². The van der Waals surface area contributed by atoms with Gasteiger partial charge in [-0.15, -0.1) is 0 Å². The highest BCUT2D eigenvalue weighted by Gasteiger charge is 2.14. The highest BCUT2D eigenvalue weighted by molar-refractivity contribution is 6.07. The van der Waals surface area contributed by atoms with Crippen LogP contribution >= 0.6 is 0 Å². The zero-order chi connectivity index (χ0) is 19.1. The number of ether oxygens (including phenoxy) is 1. The maximum atomic E-state index is 13.0. The van der Waals surface area contributed by atoms with Gasteiger partial charge in [0.2, 0.25) is 0 Å². The molecule has 7 heteroatoms. The Labute approximate surface area is 154 Å². The summed E-state index contributed by atoms with van der Waals surface area (Å²) < 4.78 is 18.8. The monoisotopic (exact) mass is 365 g/mol. The molecule has 0 saturated heterocycles. The number of oxime groups is 1. The van der Waals surface area contributed by atoms with E-state index >= 15 is 0 Å². The standard InChI is InChI=1S/C20H16FN3O3/c21-16-6-3-14(4-7-16)13-27-19-8-5-15(11-23-26)10-18(19)20(25)24-17-2-1-9-22-12-17/h1-12,26H,13H2,(H,24,25)/b23-11-. The van der Waals surface area contributed by atoms with Crippen molar-refractivity contribution in [2.75, 3.05) is 5.32 Å². The number of halogens is 1. The van der Waals surface area contributed by atoms with Crippen molar-refractivity contribution in [1.82, 2.24) is 4.98 Å². The van der Waals surface area contributed by atoms with E-state index in [1.54, 1.807) is 48.7 Å². The summed E-state index contributed by atoms with van der Waals surface area (Å²) in [5.41, 5.74) is 2.09. The number of benzene rings is 2. The molecule has 3 aromatic rings. The van der Waals surface area contributed by atoms with Gasteiger partial charge in [-0.25, -0.2) is 4.39 Å². The van der Waals surface area contributed by atoms with Gasteiger partial charge in [-0.05, 0) is 53.6 Å². The summed E-state index contributed by atoms with van der Waals surface area (Å²) in [6.07, 6.45) is 4.34. The van der Waals surface area contributed by atoms with Crippen LogP contribution in [0.15, 0.2) is 72.1 Å². The summed E-state index contributed by atoms with van der Waals surface area (Å²) >= 11 is 0. The maximum absolute atomic E-state index is 13.0. The second-order valence-electron chi connectivity index (χ2n) is 5.61. The molecule has 2 N–H and O–H groups in total. The fraction of sp³-hybridized carbons (Fsp3) is 0.0500. The summed E-state index contributed by atoms with van der Waals surface area (Å²) in [4.78, 5) is 16.6. The number of anilines is 1. The Bertz CT molecular complexity index is 944. The molecule has 136 valence electrons. The molecule has 0 bridgehead atoms. The van der Waals surface area contributed by atoms with Crippen LogP contribution in [0.25, 0.3) is 0 Å². The van der Waals surface area contributed by atoms with Crippen molar-refractivity contribution < 1.29 is 19.1 Å². The molecule has 1 heterocycles. The molecule has 0 radical (unpaired) electrons. The second-order valence-corrected chi connectivity index (χ2v) is 5.61. The number of pyridine rings is 1. The molecule has 1 amide bonds. The average molecular weight is 365 g/mol. The average Bonchev–Trinajstić information content (AvgIpc) is 2.69. The second kappa shape index (κ2) is 8.57. The lowest BCUT2D eigenvalue weighted by atomic mass is 10.1. The van der Waals surface area contributed by atoms with Crippen LogP contribution in [0.3, 0.4) is 0 Å². The van der Waals surface area contributed by atoms with Crippen molar-refractivity contribution in [1.29, 1.82) is 0 Å². The molecule has 0 aliphatic heterocycles. The molecule has 0 aliphatic carbocycles. The molecule has 27 heavy (non-hydrogen) atoms. The van der Waals surface area contributed by atoms with Crippen LogP contribution in [0.2, 0.25) is 0 Å². The van der Waals surface area contributed by atoms with Crippen molar-refractivity contribution in [3.05, 3.63) is 89.5 Å². The Balaban J connectivity index is 1.83. The van der Waals surface area contributed by atoms with E-state index in [-0.39, 0.29) is 18.0 Å². The number of carbonyl (C=O) groups excluding carboxylic acids is 1. The first-order valence-corrected chi connectivity index (χ1v) is 8.06. The molecule has 0 atom stereocenters. The van der Waals surface area contributed by atoms with E-state index in [1.807, 2.05) is 0 Å². The first-order valence-electron chi connectivity index (χ1n) is 8.06. The predicted octanol–water partition coefficient (Wildman–Crippen LogP) is 3.86. The zero-order valence-corrected chi connectivity index (χ0v) is 14.2. The van der Waals surface area contributed by atoms with E-state index in [4.69, 9.17) is 9.94 Å². The van der Waals surface area contributed by atoms with Gasteiger partial charge in [-0.1, -0.05) is 17.3 Å². The number of hydrogen-bond donors (Lipinski definition) is 2. The van der Waals surface area contributed by atoms with Gasteiger partial charge in [0.15, 0.2) is 0 Å². The van der Waals surface area contributed by atoms with E-state index in [0.717, 1.165) is 5.56 Å². The Hall–Kier alpha value is -3.74. The lowest BCUT2D eigenvalue weighted by molar-refractivity contribution is 0.102. The summed E-state index contributed by atoms with van der Waals surface area (Å²) in [6.45, 7) is 0.168. The molecule has 2 aromatic carbocycles. The van der Waals surface area contributed by atoms with Crippen molar-refractivity contribution in [3.8, 4) is 5.75 Å². The summed E-state index contributed by atoms with van der Waals surface area (Å²) in [7, 11) is 0. The normalized spacial score (nSPS) is 10.7. The van der Waals surface area contributed by atoms with Crippen LogP contribution in [-0.4, -0.2) is 22.3 Å². The minimum absolute atomic E-state index is 0.168. The number of nitrogens with zero attached hydrogens (tertiary/aromatic N) is 2. The Kier molecular flexibility index (Phi) is 5.73. The smallest absolute Gasteiger partial charge is 0.259 e. The van der Waals surface area contributed by atoms with Crippen molar-refractivity contribution in [2.24, 2.45) is 5.16 Å². The molecule has 3 rings (SSSR count). The van der Waals surface area contributed by atoms with Gasteiger partial charge in [0.25, 0.3) is 5.91 Å². The van der Waals surface area contributed by atoms with E-state index in [1.165, 1.54) is 24.5 Å². The van der Waals surface area contributed by atoms with E-state index in [0.29, 0.717) is 17.0 Å². The van der Waals surface area contributed by atoms with Crippen LogP contribution < -0.4 is 10.1 Å². The highest BCUT2D eigenvalue weighted by atomic mass is 19.1. The van der Waals surface area contributed by atoms with E-state index < -0.39 is 5.91 Å². The van der Waals surface area contributed by atoms with E-state index in [9.17, 15) is 9.18 Å². The number of rotatable bonds is 6. The SMILES string of the molecule is O=C(Nc1cccnc1)c1cc(/C=N\O)ccc1OCc1ccc(F)cc1. The molecule has 0 saturated carbocycles. The molecular weight excluding hydrogens is 349 g/mol. The number of aromatic nitrogens is 1. The number of nitrogens with one attached hydrogen (secondary N) is 1. The third kappa shape index (κ3) is 4.88. The van der Waals surface area contributed by atoms with Gasteiger partial charge < -0.3 is 15.3 Å². The molecular formula is C20H16FN3O3. The zero-order valence-electron chi connectivity index (χ0n) is 14.2. The Morgan fingerprint density at radius 3 is 2.74 bits per heavy atom. The van der Waals surface area contributed by atoms with Crippen LogP contribution in [0, 0.1) is 5.82 Å². The number of amides is 1. The molecule has 0 unspecified atom stereocenters. The summed E-state index contributed by atoms with van der Waals surface area (Å²) in [5, 5.41) is 14.4. The molecule has 0 spiro atoms. The molecule has 6 nitrogen and oxygen atoms in total.